The van der Waals surface area contributed by atoms with E-state index in [1.165, 1.54) is 57.8 Å². The molecule has 44 heavy (non-hydrogen) atoms. The Morgan fingerprint density at radius 1 is 0.864 bits per heavy atom. The van der Waals surface area contributed by atoms with Crippen LogP contribution in [0.1, 0.15) is 151 Å². The van der Waals surface area contributed by atoms with Gasteiger partial charge in [-0.05, 0) is 64.7 Å². The molecule has 0 radical (unpaired) electrons. The summed E-state index contributed by atoms with van der Waals surface area (Å²) < 4.78 is 11.6. The lowest BCUT2D eigenvalue weighted by Crippen LogP contribution is -2.57. The van der Waals surface area contributed by atoms with Crippen LogP contribution in [0.25, 0.3) is 0 Å². The predicted molar refractivity (Wildman–Crippen MR) is 178 cm³/mol. The van der Waals surface area contributed by atoms with E-state index in [-0.39, 0.29) is 30.8 Å². The predicted octanol–water partition coefficient (Wildman–Crippen LogP) is 7.94. The quantitative estimate of drug-likeness (QED) is 0.0744. The normalized spacial score (nSPS) is 19.1. The number of carbonyl (C=O) groups is 3. The van der Waals surface area contributed by atoms with Crippen molar-refractivity contribution in [1.82, 2.24) is 10.6 Å². The second-order valence-corrected chi connectivity index (χ2v) is 14.4. The molecule has 1 aliphatic rings. The van der Waals surface area contributed by atoms with E-state index in [0.29, 0.717) is 25.4 Å². The molecule has 0 aromatic carbocycles. The van der Waals surface area contributed by atoms with Crippen molar-refractivity contribution in [1.29, 1.82) is 0 Å². The monoisotopic (exact) mass is 622 g/mol. The smallest absolute Gasteiger partial charge is 0.308 e. The van der Waals surface area contributed by atoms with Crippen molar-refractivity contribution in [2.45, 2.75) is 169 Å². The largest absolute Gasteiger partial charge is 0.481 e. The number of ether oxygens (including phenoxy) is 2. The highest BCUT2D eigenvalue weighted by molar-refractivity contribution is 5.82. The molecule has 0 aliphatic carbocycles. The number of carboxylic acids is 1. The van der Waals surface area contributed by atoms with Gasteiger partial charge >= 0.3 is 5.97 Å². The summed E-state index contributed by atoms with van der Waals surface area (Å²) in [5.74, 6) is -2.77. The van der Waals surface area contributed by atoms with Gasteiger partial charge in [-0.1, -0.05) is 98.1 Å². The molecule has 1 aliphatic heterocycles. The SMILES string of the molecule is CCCCCCCCC=CCCCCCCCC(=O)NC(CC(C)C)CC(CNC(=O)C1OC(C)(C)OCC1(C)C)C(=O)O. The zero-order chi connectivity index (χ0) is 33.0. The highest BCUT2D eigenvalue weighted by Gasteiger charge is 2.45. The van der Waals surface area contributed by atoms with E-state index in [0.717, 1.165) is 25.7 Å². The summed E-state index contributed by atoms with van der Waals surface area (Å²) >= 11 is 0. The Balaban J connectivity index is 2.38. The summed E-state index contributed by atoms with van der Waals surface area (Å²) in [4.78, 5) is 37.9. The average Bonchev–Trinajstić information content (AvgIpc) is 2.93. The molecule has 0 saturated carbocycles. The number of nitrogens with one attached hydrogen (secondary N) is 2. The van der Waals surface area contributed by atoms with Crippen molar-refractivity contribution in [3.8, 4) is 0 Å². The maximum Gasteiger partial charge on any atom is 0.308 e. The molecular formula is C36H66N2O6. The molecule has 3 N–H and O–H groups in total. The summed E-state index contributed by atoms with van der Waals surface area (Å²) in [5, 5.41) is 15.8. The van der Waals surface area contributed by atoms with Gasteiger partial charge in [-0.15, -0.1) is 0 Å². The Hall–Kier alpha value is -1.93. The molecule has 1 saturated heterocycles. The Labute approximate surface area is 268 Å². The van der Waals surface area contributed by atoms with Crippen molar-refractivity contribution in [2.75, 3.05) is 13.2 Å². The third kappa shape index (κ3) is 18.1. The average molecular weight is 623 g/mol. The molecule has 0 aromatic heterocycles. The third-order valence-electron chi connectivity index (χ3n) is 8.37. The van der Waals surface area contributed by atoms with Crippen LogP contribution in [0, 0.1) is 17.3 Å². The molecule has 0 spiro atoms. The van der Waals surface area contributed by atoms with Gasteiger partial charge in [-0.25, -0.2) is 0 Å². The fourth-order valence-corrected chi connectivity index (χ4v) is 5.69. The van der Waals surface area contributed by atoms with Gasteiger partial charge in [0.2, 0.25) is 11.8 Å². The molecule has 2 amide bonds. The number of aliphatic carboxylic acids is 1. The molecular weight excluding hydrogens is 556 g/mol. The first-order chi connectivity index (χ1) is 20.8. The van der Waals surface area contributed by atoms with Crippen LogP contribution in [0.2, 0.25) is 0 Å². The molecule has 1 heterocycles. The van der Waals surface area contributed by atoms with Crippen LogP contribution >= 0.6 is 0 Å². The first-order valence-corrected chi connectivity index (χ1v) is 17.5. The molecule has 0 aromatic rings. The number of hydrogen-bond donors (Lipinski definition) is 3. The Morgan fingerprint density at radius 2 is 1.43 bits per heavy atom. The van der Waals surface area contributed by atoms with Crippen molar-refractivity contribution < 1.29 is 29.0 Å². The van der Waals surface area contributed by atoms with E-state index in [2.05, 4.69) is 43.6 Å². The highest BCUT2D eigenvalue weighted by atomic mass is 16.7. The number of amides is 2. The first kappa shape index (κ1) is 40.1. The minimum Gasteiger partial charge on any atom is -0.481 e. The summed E-state index contributed by atoms with van der Waals surface area (Å²) in [6, 6.07) is -0.265. The number of carbonyl (C=O) groups excluding carboxylic acids is 2. The molecule has 1 fully saturated rings. The van der Waals surface area contributed by atoms with Crippen molar-refractivity contribution in [3.63, 3.8) is 0 Å². The Kier molecular flexibility index (Phi) is 19.8. The van der Waals surface area contributed by atoms with Crippen LogP contribution in [0.4, 0.5) is 0 Å². The van der Waals surface area contributed by atoms with E-state index < -0.39 is 29.2 Å². The number of carboxylic acid groups (broad SMARTS) is 1. The molecule has 1 rings (SSSR count). The molecule has 3 unspecified atom stereocenters. The van der Waals surface area contributed by atoms with Crippen molar-refractivity contribution >= 4 is 17.8 Å². The zero-order valence-electron chi connectivity index (χ0n) is 29.2. The van der Waals surface area contributed by atoms with E-state index in [1.54, 1.807) is 13.8 Å². The van der Waals surface area contributed by atoms with Gasteiger partial charge in [0.1, 0.15) is 6.10 Å². The van der Waals surface area contributed by atoms with Gasteiger partial charge < -0.3 is 25.2 Å². The van der Waals surface area contributed by atoms with Crippen molar-refractivity contribution in [3.05, 3.63) is 12.2 Å². The number of allylic oxidation sites excluding steroid dienone is 2. The van der Waals surface area contributed by atoms with E-state index in [4.69, 9.17) is 9.47 Å². The van der Waals surface area contributed by atoms with E-state index >= 15 is 0 Å². The molecule has 3 atom stereocenters. The van der Waals surface area contributed by atoms with Crippen LogP contribution < -0.4 is 10.6 Å². The lowest BCUT2D eigenvalue weighted by atomic mass is 9.85. The minimum atomic E-state index is -0.988. The molecule has 0 bridgehead atoms. The van der Waals surface area contributed by atoms with Gasteiger partial charge in [0.15, 0.2) is 5.79 Å². The standard InChI is InChI=1S/C36H66N2O6/c1-8-9-10-11-12-13-14-15-16-17-18-19-20-21-22-23-31(39)38-30(24-28(2)3)25-29(34(41)42)26-37-33(40)32-35(4,5)27-43-36(6,7)44-32/h15-16,28-30,32H,8-14,17-27H2,1-7H3,(H,37,40)(H,38,39)(H,41,42). The van der Waals surface area contributed by atoms with Crippen LogP contribution in [-0.2, 0) is 23.9 Å². The second-order valence-electron chi connectivity index (χ2n) is 14.4. The van der Waals surface area contributed by atoms with Crippen molar-refractivity contribution in [2.24, 2.45) is 17.3 Å². The van der Waals surface area contributed by atoms with Gasteiger partial charge in [0.25, 0.3) is 0 Å². The van der Waals surface area contributed by atoms with Gasteiger partial charge in [0.05, 0.1) is 12.5 Å². The third-order valence-corrected chi connectivity index (χ3v) is 8.37. The summed E-state index contributed by atoms with van der Waals surface area (Å²) in [6.07, 6.45) is 21.0. The summed E-state index contributed by atoms with van der Waals surface area (Å²) in [5.41, 5.74) is -0.545. The maximum atomic E-state index is 13.0. The lowest BCUT2D eigenvalue weighted by molar-refractivity contribution is -0.304. The van der Waals surface area contributed by atoms with Crippen LogP contribution in [-0.4, -0.2) is 54.0 Å². The Morgan fingerprint density at radius 3 is 2.00 bits per heavy atom. The number of unbranched alkanes of at least 4 members (excludes halogenated alkanes) is 11. The molecule has 256 valence electrons. The van der Waals surface area contributed by atoms with E-state index in [9.17, 15) is 19.5 Å². The zero-order valence-corrected chi connectivity index (χ0v) is 29.2. The minimum absolute atomic E-state index is 0.0237. The van der Waals surface area contributed by atoms with Gasteiger partial charge in [-0.3, -0.25) is 14.4 Å². The number of rotatable bonds is 24. The number of hydrogen-bond acceptors (Lipinski definition) is 5. The topological polar surface area (TPSA) is 114 Å². The maximum absolute atomic E-state index is 13.0. The van der Waals surface area contributed by atoms with Crippen LogP contribution in [0.3, 0.4) is 0 Å². The molecule has 8 heteroatoms. The first-order valence-electron chi connectivity index (χ1n) is 17.5. The second kappa shape index (κ2) is 21.7. The summed E-state index contributed by atoms with van der Waals surface area (Å²) in [6.45, 7) is 14.0. The van der Waals surface area contributed by atoms with Gasteiger partial charge in [-0.2, -0.15) is 0 Å². The fraction of sp³-hybridized carbons (Fsp3) is 0.861. The van der Waals surface area contributed by atoms with Crippen LogP contribution in [0.5, 0.6) is 0 Å². The van der Waals surface area contributed by atoms with E-state index in [1.807, 2.05) is 13.8 Å². The molecule has 8 nitrogen and oxygen atoms in total. The van der Waals surface area contributed by atoms with Crippen LogP contribution in [0.15, 0.2) is 12.2 Å². The fourth-order valence-electron chi connectivity index (χ4n) is 5.69. The highest BCUT2D eigenvalue weighted by Crippen LogP contribution is 2.35. The summed E-state index contributed by atoms with van der Waals surface area (Å²) in [7, 11) is 0. The Bertz CT molecular complexity index is 854. The lowest BCUT2D eigenvalue weighted by Gasteiger charge is -2.44. The van der Waals surface area contributed by atoms with Gasteiger partial charge in [0, 0.05) is 24.4 Å².